The summed E-state index contributed by atoms with van der Waals surface area (Å²) in [6.07, 6.45) is 4.25. The van der Waals surface area contributed by atoms with Gasteiger partial charge in [0.1, 0.15) is 0 Å². The molecular formula is C21H32N4O4S. The van der Waals surface area contributed by atoms with Crippen molar-refractivity contribution in [3.63, 3.8) is 0 Å². The van der Waals surface area contributed by atoms with Crippen LogP contribution in [-0.4, -0.2) is 77.1 Å². The zero-order valence-electron chi connectivity index (χ0n) is 18.6. The van der Waals surface area contributed by atoms with E-state index in [0.29, 0.717) is 32.5 Å². The summed E-state index contributed by atoms with van der Waals surface area (Å²) in [5.74, 6) is -0.770. The average molecular weight is 437 g/mol. The highest BCUT2D eigenvalue weighted by molar-refractivity contribution is 7.98. The van der Waals surface area contributed by atoms with E-state index in [1.165, 1.54) is 16.7 Å². The second-order valence-electron chi connectivity index (χ2n) is 7.54. The molecule has 166 valence electrons. The number of likely N-dealkylation sites (tertiary alicyclic amines) is 1. The van der Waals surface area contributed by atoms with Gasteiger partial charge in [-0.1, -0.05) is 11.8 Å². The second-order valence-corrected chi connectivity index (χ2v) is 8.31. The lowest BCUT2D eigenvalue weighted by Gasteiger charge is -2.32. The van der Waals surface area contributed by atoms with Gasteiger partial charge >= 0.3 is 5.97 Å². The molecule has 0 aliphatic carbocycles. The summed E-state index contributed by atoms with van der Waals surface area (Å²) in [4.78, 5) is 49.2. The van der Waals surface area contributed by atoms with E-state index in [0.717, 1.165) is 34.9 Å². The molecule has 9 heteroatoms. The first-order valence-corrected chi connectivity index (χ1v) is 11.6. The Kier molecular flexibility index (Phi) is 9.08. The molecule has 8 nitrogen and oxygen atoms in total. The molecule has 2 rings (SSSR count). The molecule has 2 heterocycles. The fraction of sp³-hybridized carbons (Fsp3) is 0.667. The number of likely N-dealkylation sites (N-methyl/N-ethyl adjacent to an activating group) is 1. The molecule has 1 aromatic rings. The molecule has 1 saturated heterocycles. The lowest BCUT2D eigenvalue weighted by Crippen LogP contribution is -2.47. The summed E-state index contributed by atoms with van der Waals surface area (Å²) in [7, 11) is 1.64. The van der Waals surface area contributed by atoms with Gasteiger partial charge in [-0.3, -0.25) is 14.4 Å². The van der Waals surface area contributed by atoms with Crippen LogP contribution in [0.1, 0.15) is 43.1 Å². The number of hydrogen-bond acceptors (Lipinski definition) is 7. The average Bonchev–Trinajstić information content (AvgIpc) is 2.72. The van der Waals surface area contributed by atoms with E-state index in [-0.39, 0.29) is 30.2 Å². The third-order valence-electron chi connectivity index (χ3n) is 5.36. The van der Waals surface area contributed by atoms with Gasteiger partial charge < -0.3 is 14.5 Å². The van der Waals surface area contributed by atoms with Crippen molar-refractivity contribution in [1.29, 1.82) is 0 Å². The normalized spacial score (nSPS) is 16.3. The van der Waals surface area contributed by atoms with Gasteiger partial charge in [-0.25, -0.2) is 9.97 Å². The number of nitrogens with zero attached hydrogens (tertiary/aromatic N) is 4. The van der Waals surface area contributed by atoms with Crippen molar-refractivity contribution in [1.82, 2.24) is 19.8 Å². The Morgan fingerprint density at radius 1 is 1.23 bits per heavy atom. The van der Waals surface area contributed by atoms with Crippen LogP contribution in [0.5, 0.6) is 0 Å². The molecule has 0 aromatic carbocycles. The number of aryl methyl sites for hydroxylation is 2. The van der Waals surface area contributed by atoms with Crippen LogP contribution >= 0.6 is 11.8 Å². The molecular weight excluding hydrogens is 404 g/mol. The van der Waals surface area contributed by atoms with E-state index in [4.69, 9.17) is 4.74 Å². The number of carbonyl (C=O) groups excluding carboxylic acids is 3. The van der Waals surface area contributed by atoms with Crippen molar-refractivity contribution in [3.05, 3.63) is 17.0 Å². The highest BCUT2D eigenvalue weighted by Crippen LogP contribution is 2.19. The minimum atomic E-state index is -0.279. The number of carbonyl (C=O) groups is 3. The third kappa shape index (κ3) is 6.42. The highest BCUT2D eigenvalue weighted by atomic mass is 32.2. The van der Waals surface area contributed by atoms with Crippen LogP contribution in [0.4, 0.5) is 0 Å². The van der Waals surface area contributed by atoms with Crippen molar-refractivity contribution in [2.75, 3.05) is 39.5 Å². The predicted molar refractivity (Wildman–Crippen MR) is 115 cm³/mol. The summed E-state index contributed by atoms with van der Waals surface area (Å²) >= 11 is 1.49. The molecule has 1 atom stereocenters. The van der Waals surface area contributed by atoms with Gasteiger partial charge in [-0.05, 0) is 51.9 Å². The number of piperidine rings is 1. The van der Waals surface area contributed by atoms with Crippen LogP contribution in [0.3, 0.4) is 0 Å². The quantitative estimate of drug-likeness (QED) is 0.350. The first-order valence-electron chi connectivity index (χ1n) is 10.3. The summed E-state index contributed by atoms with van der Waals surface area (Å²) in [5.41, 5.74) is 2.75. The van der Waals surface area contributed by atoms with Gasteiger partial charge in [0.15, 0.2) is 5.16 Å². The smallest absolute Gasteiger partial charge is 0.310 e. The molecule has 1 aliphatic heterocycles. The monoisotopic (exact) mass is 436 g/mol. The Hall–Kier alpha value is -2.16. The van der Waals surface area contributed by atoms with E-state index < -0.39 is 0 Å². The fourth-order valence-corrected chi connectivity index (χ4v) is 4.09. The molecule has 0 radical (unpaired) electrons. The van der Waals surface area contributed by atoms with E-state index in [1.807, 2.05) is 20.1 Å². The van der Waals surface area contributed by atoms with Crippen LogP contribution in [0.2, 0.25) is 0 Å². The molecule has 1 aliphatic rings. The predicted octanol–water partition coefficient (Wildman–Crippen LogP) is 2.01. The van der Waals surface area contributed by atoms with E-state index >= 15 is 0 Å². The summed E-state index contributed by atoms with van der Waals surface area (Å²) in [6, 6.07) is 0. The van der Waals surface area contributed by atoms with Gasteiger partial charge in [0.2, 0.25) is 11.8 Å². The number of aromatic nitrogens is 2. The third-order valence-corrected chi connectivity index (χ3v) is 5.91. The van der Waals surface area contributed by atoms with Crippen molar-refractivity contribution in [2.45, 2.75) is 51.6 Å². The SMILES string of the molecule is CCOC(=O)C1CCCN(C(=O)CN(C)C(=O)CCc2c(C)nc(SC)nc2C)C1. The van der Waals surface area contributed by atoms with Crippen LogP contribution in [0, 0.1) is 19.8 Å². The zero-order valence-corrected chi connectivity index (χ0v) is 19.4. The maximum absolute atomic E-state index is 12.6. The van der Waals surface area contributed by atoms with Crippen LogP contribution in [-0.2, 0) is 25.5 Å². The largest absolute Gasteiger partial charge is 0.466 e. The maximum atomic E-state index is 12.6. The number of amides is 2. The fourth-order valence-electron chi connectivity index (χ4n) is 3.63. The van der Waals surface area contributed by atoms with Crippen molar-refractivity contribution >= 4 is 29.5 Å². The first kappa shape index (κ1) is 24.1. The topological polar surface area (TPSA) is 92.7 Å². The summed E-state index contributed by atoms with van der Waals surface area (Å²) in [6.45, 7) is 6.94. The molecule has 0 bridgehead atoms. The van der Waals surface area contributed by atoms with Crippen molar-refractivity contribution < 1.29 is 19.1 Å². The van der Waals surface area contributed by atoms with Crippen LogP contribution in [0.15, 0.2) is 5.16 Å². The number of thioether (sulfide) groups is 1. The minimum Gasteiger partial charge on any atom is -0.466 e. The Morgan fingerprint density at radius 3 is 2.50 bits per heavy atom. The van der Waals surface area contributed by atoms with Gasteiger partial charge in [0.05, 0.1) is 19.1 Å². The molecule has 0 saturated carbocycles. The van der Waals surface area contributed by atoms with E-state index in [1.54, 1.807) is 18.9 Å². The van der Waals surface area contributed by atoms with Crippen molar-refractivity contribution in [3.8, 4) is 0 Å². The van der Waals surface area contributed by atoms with Gasteiger partial charge in [0, 0.05) is 37.9 Å². The maximum Gasteiger partial charge on any atom is 0.310 e. The molecule has 0 N–H and O–H groups in total. The van der Waals surface area contributed by atoms with Crippen LogP contribution in [0.25, 0.3) is 0 Å². The van der Waals surface area contributed by atoms with Crippen LogP contribution < -0.4 is 0 Å². The number of ether oxygens (including phenoxy) is 1. The van der Waals surface area contributed by atoms with E-state index in [9.17, 15) is 14.4 Å². The van der Waals surface area contributed by atoms with Gasteiger partial charge in [0.25, 0.3) is 0 Å². The van der Waals surface area contributed by atoms with Gasteiger partial charge in [-0.15, -0.1) is 0 Å². The highest BCUT2D eigenvalue weighted by Gasteiger charge is 2.30. The molecule has 2 amide bonds. The number of rotatable bonds is 8. The Bertz CT molecular complexity index is 763. The Balaban J connectivity index is 1.88. The van der Waals surface area contributed by atoms with Crippen molar-refractivity contribution in [2.24, 2.45) is 5.92 Å². The number of hydrogen-bond donors (Lipinski definition) is 0. The standard InChI is InChI=1S/C21H32N4O4S/c1-6-29-20(28)16-8-7-11-25(12-16)19(27)13-24(4)18(26)10-9-17-14(2)22-21(30-5)23-15(17)3/h16H,6-13H2,1-5H3. The summed E-state index contributed by atoms with van der Waals surface area (Å²) < 4.78 is 5.08. The second kappa shape index (κ2) is 11.3. The first-order chi connectivity index (χ1) is 14.3. The molecule has 1 aromatic heterocycles. The lowest BCUT2D eigenvalue weighted by atomic mass is 9.98. The van der Waals surface area contributed by atoms with Gasteiger partial charge in [-0.2, -0.15) is 0 Å². The molecule has 1 unspecified atom stereocenters. The minimum absolute atomic E-state index is 0.00819. The lowest BCUT2D eigenvalue weighted by molar-refractivity contribution is -0.152. The zero-order chi connectivity index (χ0) is 22.3. The Labute approximate surface area is 182 Å². The summed E-state index contributed by atoms with van der Waals surface area (Å²) in [5, 5.41) is 0.727. The molecule has 0 spiro atoms. The van der Waals surface area contributed by atoms with E-state index in [2.05, 4.69) is 9.97 Å². The molecule has 30 heavy (non-hydrogen) atoms. The number of esters is 1. The molecule has 1 fully saturated rings. The Morgan fingerprint density at radius 2 is 1.90 bits per heavy atom.